The normalized spacial score (nSPS) is 19.3. The Morgan fingerprint density at radius 1 is 1.04 bits per heavy atom. The monoisotopic (exact) mass is 454 g/mol. The first-order valence-electron chi connectivity index (χ1n) is 9.13. The van der Waals surface area contributed by atoms with Crippen molar-refractivity contribution in [2.75, 3.05) is 0 Å². The van der Waals surface area contributed by atoms with Crippen LogP contribution in [0.3, 0.4) is 0 Å². The Labute approximate surface area is 178 Å². The highest BCUT2D eigenvalue weighted by atomic mass is 79.9. The van der Waals surface area contributed by atoms with Gasteiger partial charge in [0.25, 0.3) is 0 Å². The van der Waals surface area contributed by atoms with Crippen LogP contribution in [0.2, 0.25) is 5.02 Å². The first-order valence-corrected chi connectivity index (χ1v) is 10.3. The van der Waals surface area contributed by atoms with E-state index in [0.29, 0.717) is 11.4 Å². The Morgan fingerprint density at radius 3 is 2.46 bits per heavy atom. The number of aromatic hydroxyl groups is 1. The molecule has 1 aliphatic heterocycles. The summed E-state index contributed by atoms with van der Waals surface area (Å²) in [6.07, 6.45) is 0.464. The van der Waals surface area contributed by atoms with Crippen molar-refractivity contribution in [2.24, 2.45) is 4.99 Å². The lowest BCUT2D eigenvalue weighted by atomic mass is 9.93. The number of aryl methyl sites for hydroxylation is 1. The van der Waals surface area contributed by atoms with Gasteiger partial charge < -0.3 is 5.11 Å². The van der Waals surface area contributed by atoms with Crippen LogP contribution in [0, 0.1) is 6.92 Å². The van der Waals surface area contributed by atoms with E-state index in [1.165, 1.54) is 5.56 Å². The Hall–Kier alpha value is -2.14. The van der Waals surface area contributed by atoms with Crippen molar-refractivity contribution >= 4 is 33.2 Å². The molecular weight excluding hydrogens is 436 g/mol. The molecule has 0 saturated heterocycles. The number of hydrogen-bond acceptors (Lipinski definition) is 3. The van der Waals surface area contributed by atoms with Crippen LogP contribution in [0.1, 0.15) is 40.9 Å². The third-order valence-corrected chi connectivity index (χ3v) is 5.74. The predicted molar refractivity (Wildman–Crippen MR) is 118 cm³/mol. The van der Waals surface area contributed by atoms with Gasteiger partial charge in [0.1, 0.15) is 11.9 Å². The summed E-state index contributed by atoms with van der Waals surface area (Å²) < 4.78 is 1.03. The van der Waals surface area contributed by atoms with Gasteiger partial charge in [0.2, 0.25) is 0 Å². The Kier molecular flexibility index (Phi) is 5.54. The van der Waals surface area contributed by atoms with Gasteiger partial charge in [0, 0.05) is 33.2 Å². The molecule has 0 aromatic heterocycles. The molecule has 0 amide bonds. The maximum absolute atomic E-state index is 10.4. The lowest BCUT2D eigenvalue weighted by Crippen LogP contribution is -2.33. The average molecular weight is 456 g/mol. The van der Waals surface area contributed by atoms with Crippen molar-refractivity contribution < 1.29 is 5.11 Å². The quantitative estimate of drug-likeness (QED) is 0.484. The second-order valence-electron chi connectivity index (χ2n) is 7.02. The number of benzene rings is 3. The van der Waals surface area contributed by atoms with Gasteiger partial charge in [-0.15, -0.1) is 0 Å². The average Bonchev–Trinajstić information content (AvgIpc) is 2.70. The van der Waals surface area contributed by atoms with E-state index in [1.807, 2.05) is 18.2 Å². The van der Waals surface area contributed by atoms with Gasteiger partial charge in [-0.3, -0.25) is 10.3 Å². The van der Waals surface area contributed by atoms with Gasteiger partial charge in [0.15, 0.2) is 0 Å². The van der Waals surface area contributed by atoms with Crippen molar-refractivity contribution in [1.29, 1.82) is 0 Å². The molecule has 4 rings (SSSR count). The third-order valence-electron chi connectivity index (χ3n) is 4.98. The summed E-state index contributed by atoms with van der Waals surface area (Å²) in [5.74, 6) is 0.238. The first-order chi connectivity index (χ1) is 13.5. The summed E-state index contributed by atoms with van der Waals surface area (Å²) in [6, 6.07) is 21.6. The standard InChI is InChI=1S/C23H20BrClN2O/c1-14-2-4-15(5-3-14)20-13-21(19-12-18(25)10-11-22(19)28)27-23(26-20)16-6-8-17(24)9-7-16/h2-12,21,23,27-28H,13H2,1H3/t21-,23-/m0/s1. The number of halogens is 2. The molecule has 0 fully saturated rings. The van der Waals surface area contributed by atoms with Crippen molar-refractivity contribution in [2.45, 2.75) is 25.6 Å². The van der Waals surface area contributed by atoms with E-state index in [4.69, 9.17) is 16.6 Å². The van der Waals surface area contributed by atoms with Gasteiger partial charge >= 0.3 is 0 Å². The Bertz CT molecular complexity index is 1020. The van der Waals surface area contributed by atoms with Crippen molar-refractivity contribution in [3.63, 3.8) is 0 Å². The van der Waals surface area contributed by atoms with Crippen molar-refractivity contribution in [3.8, 4) is 5.75 Å². The molecule has 2 N–H and O–H groups in total. The lowest BCUT2D eigenvalue weighted by Gasteiger charge is -2.31. The molecule has 0 spiro atoms. The van der Waals surface area contributed by atoms with Crippen LogP contribution >= 0.6 is 27.5 Å². The molecule has 0 bridgehead atoms. The number of phenolic OH excluding ortho intramolecular Hbond substituents is 1. The number of hydrogen-bond donors (Lipinski definition) is 2. The Morgan fingerprint density at radius 2 is 1.75 bits per heavy atom. The fourth-order valence-electron chi connectivity index (χ4n) is 3.45. The van der Waals surface area contributed by atoms with Gasteiger partial charge in [-0.2, -0.15) is 0 Å². The first kappa shape index (κ1) is 19.2. The second-order valence-corrected chi connectivity index (χ2v) is 8.37. The van der Waals surface area contributed by atoms with Gasteiger partial charge in [-0.1, -0.05) is 69.5 Å². The number of nitrogens with one attached hydrogen (secondary N) is 1. The fourth-order valence-corrected chi connectivity index (χ4v) is 3.89. The van der Waals surface area contributed by atoms with Crippen molar-refractivity contribution in [1.82, 2.24) is 5.32 Å². The number of aliphatic imine (C=N–C) groups is 1. The van der Waals surface area contributed by atoms with E-state index in [-0.39, 0.29) is 18.0 Å². The largest absolute Gasteiger partial charge is 0.508 e. The van der Waals surface area contributed by atoms with Crippen LogP contribution < -0.4 is 5.32 Å². The summed E-state index contributed by atoms with van der Waals surface area (Å²) in [6.45, 7) is 2.07. The van der Waals surface area contributed by atoms with Crippen LogP contribution in [0.5, 0.6) is 5.75 Å². The van der Waals surface area contributed by atoms with Crippen LogP contribution in [0.4, 0.5) is 0 Å². The van der Waals surface area contributed by atoms with Crippen molar-refractivity contribution in [3.05, 3.63) is 98.5 Å². The molecule has 0 aliphatic carbocycles. The lowest BCUT2D eigenvalue weighted by molar-refractivity contribution is 0.412. The molecule has 3 aromatic rings. The zero-order chi connectivity index (χ0) is 19.7. The topological polar surface area (TPSA) is 44.6 Å². The third kappa shape index (κ3) is 4.14. The smallest absolute Gasteiger partial charge is 0.126 e. The van der Waals surface area contributed by atoms with E-state index in [1.54, 1.807) is 12.1 Å². The summed E-state index contributed by atoms with van der Waals surface area (Å²) in [4.78, 5) is 4.99. The molecule has 5 heteroatoms. The van der Waals surface area contributed by atoms with Crippen LogP contribution in [0.25, 0.3) is 0 Å². The highest BCUT2D eigenvalue weighted by molar-refractivity contribution is 9.10. The summed E-state index contributed by atoms with van der Waals surface area (Å²) in [5.41, 5.74) is 5.18. The zero-order valence-corrected chi connectivity index (χ0v) is 17.7. The van der Waals surface area contributed by atoms with Gasteiger partial charge in [-0.25, -0.2) is 0 Å². The number of rotatable bonds is 3. The summed E-state index contributed by atoms with van der Waals surface area (Å²) in [5, 5.41) is 14.6. The Balaban J connectivity index is 1.76. The minimum absolute atomic E-state index is 0.0962. The second kappa shape index (κ2) is 8.08. The van der Waals surface area contributed by atoms with Crippen LogP contribution in [0.15, 0.2) is 76.2 Å². The number of phenols is 1. The van der Waals surface area contributed by atoms with Gasteiger partial charge in [-0.05, 0) is 48.4 Å². The number of nitrogens with zero attached hydrogens (tertiary/aromatic N) is 1. The molecule has 2 atom stereocenters. The van der Waals surface area contributed by atoms with E-state index in [0.717, 1.165) is 26.9 Å². The summed E-state index contributed by atoms with van der Waals surface area (Å²) in [7, 11) is 0. The molecule has 0 radical (unpaired) electrons. The molecule has 142 valence electrons. The predicted octanol–water partition coefficient (Wildman–Crippen LogP) is 6.34. The maximum Gasteiger partial charge on any atom is 0.126 e. The molecule has 3 nitrogen and oxygen atoms in total. The van der Waals surface area contributed by atoms with E-state index < -0.39 is 0 Å². The molecule has 0 saturated carbocycles. The van der Waals surface area contributed by atoms with Crippen LogP contribution in [-0.2, 0) is 0 Å². The van der Waals surface area contributed by atoms with Crippen LogP contribution in [-0.4, -0.2) is 10.8 Å². The molecule has 28 heavy (non-hydrogen) atoms. The highest BCUT2D eigenvalue weighted by Gasteiger charge is 2.27. The van der Waals surface area contributed by atoms with E-state index in [9.17, 15) is 5.11 Å². The fraction of sp³-hybridized carbons (Fsp3) is 0.174. The highest BCUT2D eigenvalue weighted by Crippen LogP contribution is 2.36. The summed E-state index contributed by atoms with van der Waals surface area (Å²) >= 11 is 9.69. The molecule has 0 unspecified atom stereocenters. The molecular formula is C23H20BrClN2O. The maximum atomic E-state index is 10.4. The molecule has 3 aromatic carbocycles. The van der Waals surface area contributed by atoms with Gasteiger partial charge in [0.05, 0.1) is 0 Å². The molecule has 1 heterocycles. The van der Waals surface area contributed by atoms with E-state index >= 15 is 0 Å². The molecule has 1 aliphatic rings. The zero-order valence-electron chi connectivity index (χ0n) is 15.4. The SMILES string of the molecule is Cc1ccc(C2=N[C@H](c3ccc(Br)cc3)N[C@H](c3cc(Cl)ccc3O)C2)cc1. The van der Waals surface area contributed by atoms with E-state index in [2.05, 4.69) is 64.6 Å². The minimum atomic E-state index is -0.207. The minimum Gasteiger partial charge on any atom is -0.508 e.